The van der Waals surface area contributed by atoms with Gasteiger partial charge in [-0.1, -0.05) is 0 Å². The summed E-state index contributed by atoms with van der Waals surface area (Å²) in [5.74, 6) is 0.285. The number of hydrogen-bond acceptors (Lipinski definition) is 8. The summed E-state index contributed by atoms with van der Waals surface area (Å²) in [5.41, 5.74) is -0.858. The van der Waals surface area contributed by atoms with Gasteiger partial charge in [0.15, 0.2) is 0 Å². The van der Waals surface area contributed by atoms with Gasteiger partial charge in [-0.3, -0.25) is 10.0 Å². The van der Waals surface area contributed by atoms with Crippen molar-refractivity contribution in [2.24, 2.45) is 0 Å². The number of carbonyl (C=O) groups is 1. The van der Waals surface area contributed by atoms with Crippen molar-refractivity contribution in [3.05, 3.63) is 48.2 Å². The van der Waals surface area contributed by atoms with E-state index in [-0.39, 0.29) is 45.4 Å². The van der Waals surface area contributed by atoms with Crippen molar-refractivity contribution in [2.75, 3.05) is 36.8 Å². The SMILES string of the molecule is O=CN(O)[C@@H](CCc1ncccn1)CS(=O)(=O)N1CCN(c2ccc(C(F)(F)F)cn2)CC1. The molecule has 180 valence electrons. The first-order valence-corrected chi connectivity index (χ1v) is 11.7. The molecule has 33 heavy (non-hydrogen) atoms. The van der Waals surface area contributed by atoms with E-state index < -0.39 is 33.6 Å². The summed E-state index contributed by atoms with van der Waals surface area (Å²) >= 11 is 0. The van der Waals surface area contributed by atoms with Gasteiger partial charge in [0.25, 0.3) is 0 Å². The highest BCUT2D eigenvalue weighted by molar-refractivity contribution is 7.89. The molecule has 0 bridgehead atoms. The van der Waals surface area contributed by atoms with Crippen LogP contribution in [-0.2, 0) is 27.4 Å². The standard InChI is InChI=1S/C19H23F3N6O4S/c20-19(21,22)15-2-5-18(25-12-15)26-8-10-27(11-9-26)33(31,32)13-16(28(30)14-29)3-4-17-23-6-1-7-24-17/h1-2,5-7,12,14,16,30H,3-4,8-11,13H2/t16-/m0/s1. The molecule has 0 saturated carbocycles. The molecule has 1 N–H and O–H groups in total. The molecule has 10 nitrogen and oxygen atoms in total. The molecule has 0 radical (unpaired) electrons. The van der Waals surface area contributed by atoms with Gasteiger partial charge in [0.1, 0.15) is 11.6 Å². The van der Waals surface area contributed by atoms with Crippen LogP contribution in [0.2, 0.25) is 0 Å². The largest absolute Gasteiger partial charge is 0.417 e. The molecule has 2 aromatic heterocycles. The number of carbonyl (C=O) groups excluding carboxylic acids is 1. The smallest absolute Gasteiger partial charge is 0.354 e. The average molecular weight is 488 g/mol. The van der Waals surface area contributed by atoms with Crippen molar-refractivity contribution in [1.82, 2.24) is 24.3 Å². The number of halogens is 3. The zero-order valence-corrected chi connectivity index (χ0v) is 18.3. The Bertz CT molecular complexity index is 1020. The Morgan fingerprint density at radius 2 is 1.79 bits per heavy atom. The monoisotopic (exact) mass is 488 g/mol. The van der Waals surface area contributed by atoms with Gasteiger partial charge in [0.05, 0.1) is 17.4 Å². The van der Waals surface area contributed by atoms with E-state index in [0.29, 0.717) is 16.7 Å². The quantitative estimate of drug-likeness (QED) is 0.318. The fourth-order valence-corrected chi connectivity index (χ4v) is 5.15. The van der Waals surface area contributed by atoms with Gasteiger partial charge in [-0.2, -0.15) is 17.5 Å². The van der Waals surface area contributed by atoms with Crippen LogP contribution in [0.5, 0.6) is 0 Å². The lowest BCUT2D eigenvalue weighted by atomic mass is 10.2. The van der Waals surface area contributed by atoms with Crippen LogP contribution in [0, 0.1) is 0 Å². The van der Waals surface area contributed by atoms with Crippen molar-refractivity contribution in [3.8, 4) is 0 Å². The van der Waals surface area contributed by atoms with E-state index >= 15 is 0 Å². The topological polar surface area (TPSA) is 120 Å². The van der Waals surface area contributed by atoms with E-state index in [4.69, 9.17) is 0 Å². The van der Waals surface area contributed by atoms with Gasteiger partial charge < -0.3 is 4.90 Å². The Morgan fingerprint density at radius 3 is 2.33 bits per heavy atom. The van der Waals surface area contributed by atoms with E-state index in [0.717, 1.165) is 12.3 Å². The van der Waals surface area contributed by atoms with Crippen molar-refractivity contribution < 1.29 is 31.6 Å². The summed E-state index contributed by atoms with van der Waals surface area (Å²) in [6.45, 7) is 0.644. The number of anilines is 1. The van der Waals surface area contributed by atoms with Crippen LogP contribution < -0.4 is 4.90 Å². The minimum Gasteiger partial charge on any atom is -0.354 e. The Labute approximate surface area is 188 Å². The number of hydroxylamine groups is 2. The maximum Gasteiger partial charge on any atom is 0.417 e. The Kier molecular flexibility index (Phi) is 7.81. The van der Waals surface area contributed by atoms with Crippen LogP contribution >= 0.6 is 0 Å². The third-order valence-electron chi connectivity index (χ3n) is 5.24. The molecule has 3 rings (SSSR count). The predicted octanol–water partition coefficient (Wildman–Crippen LogP) is 1.19. The molecule has 1 atom stereocenters. The molecule has 14 heteroatoms. The Balaban J connectivity index is 1.59. The third-order valence-corrected chi connectivity index (χ3v) is 7.19. The molecule has 1 aliphatic rings. The lowest BCUT2D eigenvalue weighted by Gasteiger charge is -2.35. The number of piperazine rings is 1. The second-order valence-corrected chi connectivity index (χ2v) is 9.42. The molecule has 0 spiro atoms. The van der Waals surface area contributed by atoms with Gasteiger partial charge in [-0.15, -0.1) is 0 Å². The van der Waals surface area contributed by atoms with E-state index in [1.807, 2.05) is 0 Å². The molecule has 1 aliphatic heterocycles. The molecule has 3 heterocycles. The van der Waals surface area contributed by atoms with Crippen LogP contribution in [0.1, 0.15) is 17.8 Å². The van der Waals surface area contributed by atoms with Crippen LogP contribution in [0.15, 0.2) is 36.8 Å². The van der Waals surface area contributed by atoms with Crippen LogP contribution in [-0.4, -0.2) is 82.3 Å². The number of pyridine rings is 1. The summed E-state index contributed by atoms with van der Waals surface area (Å²) in [5, 5.41) is 10.2. The molecule has 2 aromatic rings. The van der Waals surface area contributed by atoms with Crippen LogP contribution in [0.4, 0.5) is 19.0 Å². The molecule has 0 unspecified atom stereocenters. The average Bonchev–Trinajstić information content (AvgIpc) is 2.81. The molecule has 1 saturated heterocycles. The Hall–Kier alpha value is -2.84. The Morgan fingerprint density at radius 1 is 1.12 bits per heavy atom. The normalized spacial score (nSPS) is 16.4. The van der Waals surface area contributed by atoms with E-state index in [1.54, 1.807) is 11.0 Å². The molecular weight excluding hydrogens is 465 g/mol. The van der Waals surface area contributed by atoms with Gasteiger partial charge in [0.2, 0.25) is 16.4 Å². The van der Waals surface area contributed by atoms with Crippen molar-refractivity contribution in [2.45, 2.75) is 25.1 Å². The number of alkyl halides is 3. The maximum absolute atomic E-state index is 12.9. The zero-order chi connectivity index (χ0) is 24.1. The van der Waals surface area contributed by atoms with Crippen LogP contribution in [0.3, 0.4) is 0 Å². The lowest BCUT2D eigenvalue weighted by Crippen LogP contribution is -2.51. The third kappa shape index (κ3) is 6.58. The highest BCUT2D eigenvalue weighted by Crippen LogP contribution is 2.29. The highest BCUT2D eigenvalue weighted by Gasteiger charge is 2.33. The fraction of sp³-hybridized carbons (Fsp3) is 0.474. The molecular formula is C19H23F3N6O4S. The number of amides is 1. The number of nitrogens with zero attached hydrogens (tertiary/aromatic N) is 6. The summed E-state index contributed by atoms with van der Waals surface area (Å²) in [4.78, 5) is 24.7. The number of sulfonamides is 1. The summed E-state index contributed by atoms with van der Waals surface area (Å²) in [6.07, 6.45) is -0.114. The number of aromatic nitrogens is 3. The molecule has 0 aromatic carbocycles. The number of hydrogen-bond donors (Lipinski definition) is 1. The van der Waals surface area contributed by atoms with Gasteiger partial charge in [0, 0.05) is 51.2 Å². The zero-order valence-electron chi connectivity index (χ0n) is 17.5. The highest BCUT2D eigenvalue weighted by atomic mass is 32.2. The van der Waals surface area contributed by atoms with Crippen LogP contribution in [0.25, 0.3) is 0 Å². The van der Waals surface area contributed by atoms with Crippen molar-refractivity contribution in [3.63, 3.8) is 0 Å². The second kappa shape index (κ2) is 10.4. The summed E-state index contributed by atoms with van der Waals surface area (Å²) in [7, 11) is -3.84. The predicted molar refractivity (Wildman–Crippen MR) is 111 cm³/mol. The second-order valence-electron chi connectivity index (χ2n) is 7.41. The van der Waals surface area contributed by atoms with E-state index in [2.05, 4.69) is 15.0 Å². The maximum atomic E-state index is 12.9. The van der Waals surface area contributed by atoms with Crippen molar-refractivity contribution in [1.29, 1.82) is 0 Å². The van der Waals surface area contributed by atoms with E-state index in [9.17, 15) is 31.6 Å². The number of rotatable bonds is 9. The van der Waals surface area contributed by atoms with Gasteiger partial charge >= 0.3 is 6.18 Å². The molecule has 0 aliphatic carbocycles. The van der Waals surface area contributed by atoms with Crippen molar-refractivity contribution >= 4 is 22.3 Å². The molecule has 1 fully saturated rings. The summed E-state index contributed by atoms with van der Waals surface area (Å²) < 4.78 is 65.2. The number of aryl methyl sites for hydroxylation is 1. The first-order valence-electron chi connectivity index (χ1n) is 10.0. The fourth-order valence-electron chi connectivity index (χ4n) is 3.42. The van der Waals surface area contributed by atoms with Gasteiger partial charge in [-0.05, 0) is 24.6 Å². The van der Waals surface area contributed by atoms with E-state index in [1.165, 1.54) is 22.8 Å². The minimum atomic E-state index is -4.48. The minimum absolute atomic E-state index is 0.0894. The van der Waals surface area contributed by atoms with Gasteiger partial charge in [-0.25, -0.2) is 28.4 Å². The summed E-state index contributed by atoms with van der Waals surface area (Å²) in [6, 6.07) is 2.82. The lowest BCUT2D eigenvalue weighted by molar-refractivity contribution is -0.158. The molecule has 1 amide bonds. The first kappa shape index (κ1) is 24.8. The first-order chi connectivity index (χ1) is 15.6.